The molecule has 0 radical (unpaired) electrons. The standard InChI is InChI=1S/C22H25N5O5/c1-3-31-18-5-4-7-24-21(18)32-17-9-15(10-23-13-17)19-25-11-16(12-26-19)20(30)27-22(2,14-29)6-8-28/h4-5,7,9-13,28-29H,3,6,8,14H2,1-2H3,(H,27,30). The van der Waals surface area contributed by atoms with Crippen LogP contribution in [0.1, 0.15) is 30.6 Å². The summed E-state index contributed by atoms with van der Waals surface area (Å²) in [5, 5.41) is 21.3. The molecule has 0 fully saturated rings. The Hall–Kier alpha value is -3.63. The van der Waals surface area contributed by atoms with Crippen LogP contribution in [0.15, 0.2) is 49.2 Å². The summed E-state index contributed by atoms with van der Waals surface area (Å²) in [4.78, 5) is 29.3. The molecule has 10 nitrogen and oxygen atoms in total. The molecule has 3 N–H and O–H groups in total. The SMILES string of the molecule is CCOc1cccnc1Oc1cncc(-c2ncc(C(=O)NC(C)(CO)CCO)cn2)c1. The van der Waals surface area contributed by atoms with Gasteiger partial charge in [0.25, 0.3) is 11.8 Å². The van der Waals surface area contributed by atoms with Crippen molar-refractivity contribution in [2.75, 3.05) is 19.8 Å². The molecule has 0 saturated heterocycles. The van der Waals surface area contributed by atoms with E-state index in [-0.39, 0.29) is 25.2 Å². The monoisotopic (exact) mass is 439 g/mol. The molecular formula is C22H25N5O5. The highest BCUT2D eigenvalue weighted by atomic mass is 16.5. The summed E-state index contributed by atoms with van der Waals surface area (Å²) >= 11 is 0. The van der Waals surface area contributed by atoms with Crippen LogP contribution < -0.4 is 14.8 Å². The minimum Gasteiger partial charge on any atom is -0.488 e. The fraction of sp³-hybridized carbons (Fsp3) is 0.318. The van der Waals surface area contributed by atoms with Gasteiger partial charge >= 0.3 is 0 Å². The Balaban J connectivity index is 1.75. The number of aromatic nitrogens is 4. The topological polar surface area (TPSA) is 140 Å². The van der Waals surface area contributed by atoms with Crippen LogP contribution in [0.3, 0.4) is 0 Å². The average molecular weight is 439 g/mol. The second-order valence-electron chi connectivity index (χ2n) is 7.19. The first-order valence-electron chi connectivity index (χ1n) is 10.1. The van der Waals surface area contributed by atoms with E-state index >= 15 is 0 Å². The first-order valence-corrected chi connectivity index (χ1v) is 10.1. The van der Waals surface area contributed by atoms with Crippen molar-refractivity contribution >= 4 is 5.91 Å². The Kier molecular flexibility index (Phi) is 7.63. The molecule has 3 rings (SSSR count). The van der Waals surface area contributed by atoms with Crippen LogP contribution in [-0.2, 0) is 0 Å². The van der Waals surface area contributed by atoms with Gasteiger partial charge in [-0.15, -0.1) is 0 Å². The number of aliphatic hydroxyl groups excluding tert-OH is 2. The lowest BCUT2D eigenvalue weighted by atomic mass is 9.99. The minimum atomic E-state index is -0.939. The van der Waals surface area contributed by atoms with E-state index in [0.29, 0.717) is 35.4 Å². The number of nitrogens with zero attached hydrogens (tertiary/aromatic N) is 4. The zero-order valence-corrected chi connectivity index (χ0v) is 17.9. The zero-order valence-electron chi connectivity index (χ0n) is 17.9. The highest BCUT2D eigenvalue weighted by molar-refractivity contribution is 5.94. The third-order valence-electron chi connectivity index (χ3n) is 4.56. The number of pyridine rings is 2. The Labute approximate surface area is 185 Å². The molecule has 3 aromatic heterocycles. The molecule has 0 aromatic carbocycles. The van der Waals surface area contributed by atoms with Crippen molar-refractivity contribution in [1.29, 1.82) is 0 Å². The molecule has 1 amide bonds. The lowest BCUT2D eigenvalue weighted by Crippen LogP contribution is -2.49. The molecule has 3 heterocycles. The fourth-order valence-corrected chi connectivity index (χ4v) is 2.80. The van der Waals surface area contributed by atoms with Gasteiger partial charge in [0, 0.05) is 37.0 Å². The van der Waals surface area contributed by atoms with Crippen molar-refractivity contribution in [3.8, 4) is 28.8 Å². The van der Waals surface area contributed by atoms with Crippen LogP contribution in [0.5, 0.6) is 17.4 Å². The van der Waals surface area contributed by atoms with Gasteiger partial charge in [-0.3, -0.25) is 9.78 Å². The third kappa shape index (κ3) is 5.74. The minimum absolute atomic E-state index is 0.164. The van der Waals surface area contributed by atoms with Gasteiger partial charge in [-0.25, -0.2) is 15.0 Å². The van der Waals surface area contributed by atoms with E-state index in [9.17, 15) is 9.90 Å². The van der Waals surface area contributed by atoms with Crippen molar-refractivity contribution in [3.63, 3.8) is 0 Å². The van der Waals surface area contributed by atoms with Gasteiger partial charge in [-0.2, -0.15) is 0 Å². The smallest absolute Gasteiger partial charge is 0.262 e. The van der Waals surface area contributed by atoms with Crippen molar-refractivity contribution in [2.24, 2.45) is 0 Å². The second kappa shape index (κ2) is 10.6. The van der Waals surface area contributed by atoms with E-state index in [0.717, 1.165) is 0 Å². The van der Waals surface area contributed by atoms with E-state index in [1.165, 1.54) is 18.6 Å². The van der Waals surface area contributed by atoms with Crippen molar-refractivity contribution in [3.05, 3.63) is 54.7 Å². The number of amides is 1. The maximum Gasteiger partial charge on any atom is 0.262 e. The zero-order chi connectivity index (χ0) is 23.0. The third-order valence-corrected chi connectivity index (χ3v) is 4.56. The number of carbonyl (C=O) groups excluding carboxylic acids is 1. The molecule has 0 bridgehead atoms. The van der Waals surface area contributed by atoms with Crippen LogP contribution in [-0.4, -0.2) is 61.4 Å². The summed E-state index contributed by atoms with van der Waals surface area (Å²) in [6.45, 7) is 3.52. The molecule has 0 spiro atoms. The van der Waals surface area contributed by atoms with Crippen molar-refractivity contribution in [2.45, 2.75) is 25.8 Å². The number of rotatable bonds is 10. The fourth-order valence-electron chi connectivity index (χ4n) is 2.80. The van der Waals surface area contributed by atoms with Gasteiger partial charge in [0.15, 0.2) is 11.6 Å². The predicted molar refractivity (Wildman–Crippen MR) is 115 cm³/mol. The maximum absolute atomic E-state index is 12.4. The molecule has 1 unspecified atom stereocenters. The summed E-state index contributed by atoms with van der Waals surface area (Å²) in [6, 6.07) is 5.22. The van der Waals surface area contributed by atoms with Crippen LogP contribution in [0.25, 0.3) is 11.4 Å². The molecule has 3 aromatic rings. The Morgan fingerprint density at radius 3 is 2.62 bits per heavy atom. The summed E-state index contributed by atoms with van der Waals surface area (Å²) in [7, 11) is 0. The maximum atomic E-state index is 12.4. The largest absolute Gasteiger partial charge is 0.488 e. The lowest BCUT2D eigenvalue weighted by molar-refractivity contribution is 0.0812. The molecule has 168 valence electrons. The number of aliphatic hydroxyl groups is 2. The molecule has 0 aliphatic heterocycles. The van der Waals surface area contributed by atoms with E-state index in [1.807, 2.05) is 6.92 Å². The predicted octanol–water partition coefficient (Wildman–Crippen LogP) is 1.99. The first kappa shape index (κ1) is 23.0. The van der Waals surface area contributed by atoms with Gasteiger partial charge in [-0.1, -0.05) is 0 Å². The van der Waals surface area contributed by atoms with Crippen molar-refractivity contribution in [1.82, 2.24) is 25.3 Å². The highest BCUT2D eigenvalue weighted by Crippen LogP contribution is 2.30. The number of nitrogens with one attached hydrogen (secondary N) is 1. The number of carbonyl (C=O) groups is 1. The Morgan fingerprint density at radius 1 is 1.16 bits per heavy atom. The number of hydrogen-bond donors (Lipinski definition) is 3. The lowest BCUT2D eigenvalue weighted by Gasteiger charge is -2.27. The summed E-state index contributed by atoms with van der Waals surface area (Å²) < 4.78 is 11.3. The van der Waals surface area contributed by atoms with Crippen LogP contribution in [0.2, 0.25) is 0 Å². The molecule has 10 heteroatoms. The summed E-state index contributed by atoms with van der Waals surface area (Å²) in [5.74, 6) is 1.16. The summed E-state index contributed by atoms with van der Waals surface area (Å²) in [5.41, 5.74) is -0.128. The van der Waals surface area contributed by atoms with Crippen molar-refractivity contribution < 1.29 is 24.5 Å². The van der Waals surface area contributed by atoms with Crippen LogP contribution in [0, 0.1) is 0 Å². The summed E-state index contributed by atoms with van der Waals surface area (Å²) in [6.07, 6.45) is 7.69. The van der Waals surface area contributed by atoms with E-state index < -0.39 is 11.4 Å². The van der Waals surface area contributed by atoms with Gasteiger partial charge in [0.2, 0.25) is 0 Å². The van der Waals surface area contributed by atoms with Crippen LogP contribution >= 0.6 is 0 Å². The van der Waals surface area contributed by atoms with Crippen LogP contribution in [0.4, 0.5) is 0 Å². The molecule has 0 aliphatic carbocycles. The average Bonchev–Trinajstić information content (AvgIpc) is 2.81. The van der Waals surface area contributed by atoms with Gasteiger partial charge in [0.1, 0.15) is 5.75 Å². The molecule has 0 aliphatic rings. The molecule has 32 heavy (non-hydrogen) atoms. The Bertz CT molecular complexity index is 1050. The molecule has 1 atom stereocenters. The highest BCUT2D eigenvalue weighted by Gasteiger charge is 2.25. The number of ether oxygens (including phenoxy) is 2. The van der Waals surface area contributed by atoms with Gasteiger partial charge in [0.05, 0.1) is 30.5 Å². The van der Waals surface area contributed by atoms with E-state index in [4.69, 9.17) is 14.6 Å². The van der Waals surface area contributed by atoms with Gasteiger partial charge < -0.3 is 25.0 Å². The normalized spacial score (nSPS) is 12.6. The second-order valence-corrected chi connectivity index (χ2v) is 7.19. The van der Waals surface area contributed by atoms with E-state index in [2.05, 4.69) is 25.3 Å². The quantitative estimate of drug-likeness (QED) is 0.432. The number of hydrogen-bond acceptors (Lipinski definition) is 9. The van der Waals surface area contributed by atoms with Gasteiger partial charge in [-0.05, 0) is 38.5 Å². The molecule has 0 saturated carbocycles. The van der Waals surface area contributed by atoms with E-state index in [1.54, 1.807) is 37.5 Å². The first-order chi connectivity index (χ1) is 15.5. The Morgan fingerprint density at radius 2 is 1.94 bits per heavy atom. The molecular weight excluding hydrogens is 414 g/mol.